The molecular formula is C14H18N2O. The lowest BCUT2D eigenvalue weighted by Gasteiger charge is -2.14. The van der Waals surface area contributed by atoms with Crippen LogP contribution in [0.15, 0.2) is 30.3 Å². The second-order valence-electron chi connectivity index (χ2n) is 5.29. The first-order valence-corrected chi connectivity index (χ1v) is 5.73. The standard InChI is InChI=1S/C14H18N2O/c1-14(2,3)13-12(17)11(16(4)15-13)10-8-6-5-7-9-10/h5-9,17H,1-4H3. The molecule has 0 bridgehead atoms. The number of aromatic nitrogens is 2. The first-order valence-electron chi connectivity index (χ1n) is 5.73. The van der Waals surface area contributed by atoms with Gasteiger partial charge in [-0.25, -0.2) is 0 Å². The molecule has 0 saturated carbocycles. The van der Waals surface area contributed by atoms with Crippen LogP contribution in [-0.4, -0.2) is 14.9 Å². The quantitative estimate of drug-likeness (QED) is 0.817. The normalized spacial score (nSPS) is 11.8. The van der Waals surface area contributed by atoms with Crippen molar-refractivity contribution in [2.75, 3.05) is 0 Å². The maximum Gasteiger partial charge on any atom is 0.165 e. The van der Waals surface area contributed by atoms with Crippen LogP contribution in [0, 0.1) is 0 Å². The monoisotopic (exact) mass is 230 g/mol. The first kappa shape index (κ1) is 11.7. The topological polar surface area (TPSA) is 38.0 Å². The predicted molar refractivity (Wildman–Crippen MR) is 69.0 cm³/mol. The lowest BCUT2D eigenvalue weighted by molar-refractivity contribution is 0.445. The lowest BCUT2D eigenvalue weighted by atomic mass is 9.91. The summed E-state index contributed by atoms with van der Waals surface area (Å²) in [6.07, 6.45) is 0. The van der Waals surface area contributed by atoms with Crippen LogP contribution in [0.5, 0.6) is 5.75 Å². The van der Waals surface area contributed by atoms with E-state index in [0.717, 1.165) is 17.0 Å². The Bertz CT molecular complexity index is 521. The smallest absolute Gasteiger partial charge is 0.165 e. The van der Waals surface area contributed by atoms with Crippen LogP contribution in [-0.2, 0) is 12.5 Å². The Balaban J connectivity index is 2.61. The van der Waals surface area contributed by atoms with Gasteiger partial charge in [-0.2, -0.15) is 5.10 Å². The molecule has 2 aromatic rings. The Morgan fingerprint density at radius 2 is 1.71 bits per heavy atom. The molecule has 0 aliphatic rings. The molecule has 3 heteroatoms. The molecule has 0 amide bonds. The summed E-state index contributed by atoms with van der Waals surface area (Å²) in [4.78, 5) is 0. The number of benzene rings is 1. The van der Waals surface area contributed by atoms with Crippen molar-refractivity contribution < 1.29 is 5.11 Å². The molecule has 0 radical (unpaired) electrons. The van der Waals surface area contributed by atoms with Gasteiger partial charge in [0.15, 0.2) is 5.75 Å². The molecule has 1 aromatic carbocycles. The van der Waals surface area contributed by atoms with Crippen LogP contribution in [0.2, 0.25) is 0 Å². The first-order chi connectivity index (χ1) is 7.91. The molecule has 2 rings (SSSR count). The molecule has 17 heavy (non-hydrogen) atoms. The summed E-state index contributed by atoms with van der Waals surface area (Å²) in [5.74, 6) is 0.284. The van der Waals surface area contributed by atoms with Crippen molar-refractivity contribution in [3.8, 4) is 17.0 Å². The van der Waals surface area contributed by atoms with E-state index in [4.69, 9.17) is 0 Å². The zero-order valence-corrected chi connectivity index (χ0v) is 10.7. The summed E-state index contributed by atoms with van der Waals surface area (Å²) < 4.78 is 1.74. The number of aromatic hydroxyl groups is 1. The van der Waals surface area contributed by atoms with Gasteiger partial charge < -0.3 is 5.11 Å². The molecule has 0 unspecified atom stereocenters. The molecule has 0 aliphatic carbocycles. The molecule has 1 heterocycles. The zero-order valence-electron chi connectivity index (χ0n) is 10.7. The van der Waals surface area contributed by atoms with Crippen molar-refractivity contribution in [1.82, 2.24) is 9.78 Å². The Hall–Kier alpha value is -1.77. The van der Waals surface area contributed by atoms with Crippen LogP contribution in [0.25, 0.3) is 11.3 Å². The number of hydrogen-bond donors (Lipinski definition) is 1. The average Bonchev–Trinajstić information content (AvgIpc) is 2.55. The number of hydrogen-bond acceptors (Lipinski definition) is 2. The fraction of sp³-hybridized carbons (Fsp3) is 0.357. The van der Waals surface area contributed by atoms with Gasteiger partial charge >= 0.3 is 0 Å². The van der Waals surface area contributed by atoms with E-state index in [1.165, 1.54) is 0 Å². The molecule has 0 aliphatic heterocycles. The molecule has 1 N–H and O–H groups in total. The number of aryl methyl sites for hydroxylation is 1. The molecule has 0 atom stereocenters. The van der Waals surface area contributed by atoms with Crippen molar-refractivity contribution in [1.29, 1.82) is 0 Å². The fourth-order valence-corrected chi connectivity index (χ4v) is 1.94. The van der Waals surface area contributed by atoms with Crippen molar-refractivity contribution >= 4 is 0 Å². The number of rotatable bonds is 1. The highest BCUT2D eigenvalue weighted by molar-refractivity contribution is 5.68. The van der Waals surface area contributed by atoms with Crippen LogP contribution >= 0.6 is 0 Å². The minimum atomic E-state index is -0.158. The van der Waals surface area contributed by atoms with Gasteiger partial charge in [-0.05, 0) is 0 Å². The van der Waals surface area contributed by atoms with Gasteiger partial charge in [0, 0.05) is 18.0 Å². The van der Waals surface area contributed by atoms with Crippen molar-refractivity contribution in [3.63, 3.8) is 0 Å². The SMILES string of the molecule is Cn1nc(C(C)(C)C)c(O)c1-c1ccccc1. The largest absolute Gasteiger partial charge is 0.504 e. The van der Waals surface area contributed by atoms with Gasteiger partial charge in [0.1, 0.15) is 11.4 Å². The highest BCUT2D eigenvalue weighted by Gasteiger charge is 2.26. The molecule has 0 fully saturated rings. The second-order valence-corrected chi connectivity index (χ2v) is 5.29. The third kappa shape index (κ3) is 2.05. The molecule has 90 valence electrons. The summed E-state index contributed by atoms with van der Waals surface area (Å²) >= 11 is 0. The van der Waals surface area contributed by atoms with Crippen molar-refractivity contribution in [2.45, 2.75) is 26.2 Å². The van der Waals surface area contributed by atoms with Crippen LogP contribution in [0.3, 0.4) is 0 Å². The average molecular weight is 230 g/mol. The lowest BCUT2D eigenvalue weighted by Crippen LogP contribution is -2.12. The Kier molecular flexibility index (Phi) is 2.69. The van der Waals surface area contributed by atoms with E-state index >= 15 is 0 Å². The van der Waals surface area contributed by atoms with E-state index < -0.39 is 0 Å². The molecular weight excluding hydrogens is 212 g/mol. The van der Waals surface area contributed by atoms with E-state index in [2.05, 4.69) is 5.10 Å². The maximum absolute atomic E-state index is 10.3. The third-order valence-electron chi connectivity index (χ3n) is 2.78. The highest BCUT2D eigenvalue weighted by Crippen LogP contribution is 2.37. The van der Waals surface area contributed by atoms with E-state index in [-0.39, 0.29) is 11.2 Å². The van der Waals surface area contributed by atoms with Crippen LogP contribution < -0.4 is 0 Å². The van der Waals surface area contributed by atoms with Crippen LogP contribution in [0.1, 0.15) is 26.5 Å². The summed E-state index contributed by atoms with van der Waals surface area (Å²) in [7, 11) is 1.86. The van der Waals surface area contributed by atoms with E-state index in [9.17, 15) is 5.11 Å². The summed E-state index contributed by atoms with van der Waals surface area (Å²) in [6, 6.07) is 9.82. The molecule has 3 nitrogen and oxygen atoms in total. The van der Waals surface area contributed by atoms with Gasteiger partial charge in [0.2, 0.25) is 0 Å². The fourth-order valence-electron chi connectivity index (χ4n) is 1.94. The highest BCUT2D eigenvalue weighted by atomic mass is 16.3. The van der Waals surface area contributed by atoms with E-state index in [0.29, 0.717) is 0 Å². The van der Waals surface area contributed by atoms with Gasteiger partial charge in [-0.1, -0.05) is 51.1 Å². The molecule has 0 spiro atoms. The molecule has 1 aromatic heterocycles. The molecule has 0 saturated heterocycles. The third-order valence-corrected chi connectivity index (χ3v) is 2.78. The second kappa shape index (κ2) is 3.91. The van der Waals surface area contributed by atoms with Gasteiger partial charge in [0.05, 0.1) is 0 Å². The maximum atomic E-state index is 10.3. The minimum absolute atomic E-state index is 0.158. The predicted octanol–water partition coefficient (Wildman–Crippen LogP) is 3.09. The van der Waals surface area contributed by atoms with Crippen LogP contribution in [0.4, 0.5) is 0 Å². The minimum Gasteiger partial charge on any atom is -0.504 e. The van der Waals surface area contributed by atoms with E-state index in [1.807, 2.05) is 58.2 Å². The number of nitrogens with zero attached hydrogens (tertiary/aromatic N) is 2. The Morgan fingerprint density at radius 3 is 2.18 bits per heavy atom. The summed E-state index contributed by atoms with van der Waals surface area (Å²) in [6.45, 7) is 6.14. The summed E-state index contributed by atoms with van der Waals surface area (Å²) in [5, 5.41) is 14.7. The summed E-state index contributed by atoms with van der Waals surface area (Å²) in [5.41, 5.74) is 2.33. The van der Waals surface area contributed by atoms with Crippen molar-refractivity contribution in [2.24, 2.45) is 7.05 Å². The van der Waals surface area contributed by atoms with Gasteiger partial charge in [-0.15, -0.1) is 0 Å². The zero-order chi connectivity index (χ0) is 12.6. The van der Waals surface area contributed by atoms with Gasteiger partial charge in [-0.3, -0.25) is 4.68 Å². The Morgan fingerprint density at radius 1 is 1.12 bits per heavy atom. The van der Waals surface area contributed by atoms with Gasteiger partial charge in [0.25, 0.3) is 0 Å². The Labute approximate surface area is 102 Å². The van der Waals surface area contributed by atoms with Crippen molar-refractivity contribution in [3.05, 3.63) is 36.0 Å². The van der Waals surface area contributed by atoms with E-state index in [1.54, 1.807) is 4.68 Å².